The van der Waals surface area contributed by atoms with E-state index in [1.54, 1.807) is 92.7 Å². The third kappa shape index (κ3) is 6.41. The molecule has 5 N–H and O–H groups in total. The molecule has 13 atom stereocenters. The maximum absolute atomic E-state index is 14.4. The maximum Gasteiger partial charge on any atom is 0.509 e. The Morgan fingerprint density at radius 3 is 2.03 bits per heavy atom. The smallest absolute Gasteiger partial charge is 0.454 e. The van der Waals surface area contributed by atoms with E-state index in [2.05, 4.69) is 5.32 Å². The van der Waals surface area contributed by atoms with E-state index in [9.17, 15) is 44.4 Å². The van der Waals surface area contributed by atoms with E-state index in [0.717, 1.165) is 6.92 Å². The zero-order valence-corrected chi connectivity index (χ0v) is 34.6. The van der Waals surface area contributed by atoms with Gasteiger partial charge >= 0.3 is 24.1 Å². The van der Waals surface area contributed by atoms with Gasteiger partial charge in [0.1, 0.15) is 12.2 Å². The van der Waals surface area contributed by atoms with Gasteiger partial charge in [-0.25, -0.2) is 14.4 Å². The van der Waals surface area contributed by atoms with Crippen molar-refractivity contribution in [3.05, 3.63) is 119 Å². The molecule has 4 fully saturated rings. The number of fused-ring (bicyclic) bond motifs is 4. The van der Waals surface area contributed by atoms with Crippen LogP contribution in [0.25, 0.3) is 0 Å². The number of benzene rings is 3. The Hall–Kier alpha value is -5.65. The number of carbonyl (C=O) groups is 5. The van der Waals surface area contributed by atoms with Crippen LogP contribution in [0.4, 0.5) is 4.79 Å². The van der Waals surface area contributed by atoms with Crippen LogP contribution in [0.2, 0.25) is 0 Å². The van der Waals surface area contributed by atoms with Gasteiger partial charge in [-0.1, -0.05) is 87.5 Å². The molecular weight excluding hydrogens is 806 g/mol. The highest BCUT2D eigenvalue weighted by Crippen LogP contribution is 2.67. The Morgan fingerprint density at radius 2 is 1.45 bits per heavy atom. The Bertz CT molecular complexity index is 2290. The fraction of sp³-hybridized carbons (Fsp3) is 0.457. The van der Waals surface area contributed by atoms with Crippen LogP contribution in [0.15, 0.2) is 102 Å². The zero-order valence-electron chi connectivity index (χ0n) is 34.6. The van der Waals surface area contributed by atoms with E-state index in [4.69, 9.17) is 28.4 Å². The average Bonchev–Trinajstić information content (AvgIpc) is 3.62. The summed E-state index contributed by atoms with van der Waals surface area (Å²) in [4.78, 5) is 69.2. The summed E-state index contributed by atoms with van der Waals surface area (Å²) >= 11 is 0. The van der Waals surface area contributed by atoms with Crippen LogP contribution in [0.3, 0.4) is 0 Å². The second-order valence-corrected chi connectivity index (χ2v) is 17.5. The van der Waals surface area contributed by atoms with Gasteiger partial charge in [0.25, 0.3) is 5.91 Å². The third-order valence-electron chi connectivity index (χ3n) is 13.9. The number of esters is 3. The van der Waals surface area contributed by atoms with Gasteiger partial charge in [0.15, 0.2) is 30.0 Å². The number of aliphatic hydroxyl groups excluding tert-OH is 4. The summed E-state index contributed by atoms with van der Waals surface area (Å²) in [5.41, 5.74) is -6.89. The summed E-state index contributed by atoms with van der Waals surface area (Å²) in [6.07, 6.45) is -15.1. The van der Waals surface area contributed by atoms with Crippen LogP contribution < -0.4 is 5.32 Å². The number of rotatable bonds is 9. The quantitative estimate of drug-likeness (QED) is 0.118. The fourth-order valence-electron chi connectivity index (χ4n) is 10.9. The second-order valence-electron chi connectivity index (χ2n) is 17.5. The van der Waals surface area contributed by atoms with Crippen molar-refractivity contribution < 1.29 is 72.8 Å². The Morgan fingerprint density at radius 1 is 0.855 bits per heavy atom. The molecule has 2 heterocycles. The molecule has 328 valence electrons. The van der Waals surface area contributed by atoms with E-state index in [1.165, 1.54) is 26.0 Å². The molecular formula is C46H49NO15. The van der Waals surface area contributed by atoms with Crippen LogP contribution in [0, 0.1) is 16.7 Å². The number of hydrogen-bond donors (Lipinski definition) is 5. The van der Waals surface area contributed by atoms with Crippen LogP contribution in [0.1, 0.15) is 73.4 Å². The van der Waals surface area contributed by atoms with Gasteiger partial charge in [-0.2, -0.15) is 0 Å². The molecule has 1 unspecified atom stereocenters. The first kappa shape index (κ1) is 43.0. The average molecular weight is 856 g/mol. The van der Waals surface area contributed by atoms with Crippen molar-refractivity contribution in [1.82, 2.24) is 5.32 Å². The molecule has 3 aromatic rings. The van der Waals surface area contributed by atoms with Gasteiger partial charge < -0.3 is 54.2 Å². The minimum atomic E-state index is -2.29. The van der Waals surface area contributed by atoms with Gasteiger partial charge in [0.05, 0.1) is 36.3 Å². The van der Waals surface area contributed by atoms with Crippen LogP contribution in [-0.4, -0.2) is 117 Å². The molecule has 0 aromatic heterocycles. The summed E-state index contributed by atoms with van der Waals surface area (Å²) < 4.78 is 36.9. The summed E-state index contributed by atoms with van der Waals surface area (Å²) in [7, 11) is 0. The van der Waals surface area contributed by atoms with Crippen molar-refractivity contribution in [3.63, 3.8) is 0 Å². The van der Waals surface area contributed by atoms with Crippen molar-refractivity contribution in [3.8, 4) is 0 Å². The number of aliphatic hydroxyl groups is 4. The lowest BCUT2D eigenvalue weighted by atomic mass is 9.44. The van der Waals surface area contributed by atoms with Crippen molar-refractivity contribution in [1.29, 1.82) is 0 Å². The summed E-state index contributed by atoms with van der Waals surface area (Å²) in [5.74, 6) is -5.12. The van der Waals surface area contributed by atoms with E-state index >= 15 is 0 Å². The predicted octanol–water partition coefficient (Wildman–Crippen LogP) is 3.11. The lowest BCUT2D eigenvalue weighted by Crippen LogP contribution is -2.83. The normalized spacial score (nSPS) is 35.0. The largest absolute Gasteiger partial charge is 0.509 e. The molecule has 8 rings (SSSR count). The minimum Gasteiger partial charge on any atom is -0.454 e. The Kier molecular flexibility index (Phi) is 10.8. The Labute approximate surface area is 356 Å². The van der Waals surface area contributed by atoms with E-state index < -0.39 is 113 Å². The molecule has 2 aliphatic heterocycles. The van der Waals surface area contributed by atoms with Crippen molar-refractivity contribution >= 4 is 30.0 Å². The number of hydrogen-bond acceptors (Lipinski definition) is 15. The standard InChI is InChI=1S/C46H49NO15/c1-23-30-32(50)36(52)44(5)28(49)21-29-45(22-57-29,61-24(2)48)35(44)38(59-40(54)27-19-13-8-14-20-27)46(43(30,3)4)37(60-42(56)62-46)34(23)58-41(55)33(51)31(25-15-9-6-10-16-25)47-39(53)26-17-11-7-12-18-26/h6-20,28-29,31-38,49-52H,21-22H2,1-5H3,(H,47,53)/t28-,29+,31-,32+,33+,34+,35?,36+,37-,38-,44+,45-,46+/m0/s1. The lowest BCUT2D eigenvalue weighted by Gasteiger charge is -2.68. The first-order valence-electron chi connectivity index (χ1n) is 20.4. The molecule has 1 amide bonds. The van der Waals surface area contributed by atoms with Crippen LogP contribution in [-0.2, 0) is 38.0 Å². The van der Waals surface area contributed by atoms with Crippen LogP contribution >= 0.6 is 0 Å². The molecule has 2 saturated carbocycles. The molecule has 62 heavy (non-hydrogen) atoms. The molecule has 5 aliphatic rings. The predicted molar refractivity (Wildman–Crippen MR) is 214 cm³/mol. The maximum atomic E-state index is 14.4. The fourth-order valence-corrected chi connectivity index (χ4v) is 10.9. The Balaban J connectivity index is 1.30. The van der Waals surface area contributed by atoms with Crippen molar-refractivity contribution in [2.24, 2.45) is 16.7 Å². The number of carbonyl (C=O) groups excluding carboxylic acids is 5. The highest BCUT2D eigenvalue weighted by Gasteiger charge is 2.82. The molecule has 0 radical (unpaired) electrons. The molecule has 16 nitrogen and oxygen atoms in total. The van der Waals surface area contributed by atoms with E-state index in [-0.39, 0.29) is 35.3 Å². The highest BCUT2D eigenvalue weighted by atomic mass is 16.8. The van der Waals surface area contributed by atoms with Crippen LogP contribution in [0.5, 0.6) is 0 Å². The number of nitrogens with one attached hydrogen (secondary N) is 1. The molecule has 16 heteroatoms. The van der Waals surface area contributed by atoms with Crippen molar-refractivity contribution in [2.45, 2.75) is 107 Å². The molecule has 1 spiro atoms. The topological polar surface area (TPSA) is 234 Å². The first-order valence-corrected chi connectivity index (χ1v) is 20.4. The zero-order chi connectivity index (χ0) is 44.5. The summed E-state index contributed by atoms with van der Waals surface area (Å²) in [5, 5.41) is 51.7. The number of amides is 1. The third-order valence-corrected chi connectivity index (χ3v) is 13.9. The molecule has 2 bridgehead atoms. The van der Waals surface area contributed by atoms with Gasteiger partial charge in [-0.3, -0.25) is 9.59 Å². The molecule has 2 saturated heterocycles. The monoisotopic (exact) mass is 855 g/mol. The van der Waals surface area contributed by atoms with Gasteiger partial charge in [-0.05, 0) is 47.9 Å². The second kappa shape index (κ2) is 15.6. The van der Waals surface area contributed by atoms with Gasteiger partial charge in [-0.15, -0.1) is 0 Å². The molecule has 3 aromatic carbocycles. The van der Waals surface area contributed by atoms with Gasteiger partial charge in [0.2, 0.25) is 5.60 Å². The lowest BCUT2D eigenvalue weighted by molar-refractivity contribution is -0.364. The number of ether oxygens (including phenoxy) is 6. The SMILES string of the molecule is CC(=O)O[C@@]12CO[C@@H]1C[C@H](O)[C@]1(C)C2[C@H](OC(=O)c2ccccc2)[C@]23OC(=O)O[C@H]2[C@H](OC(=O)[C@H](O)[C@@H](NC(=O)c2ccccc2)c2ccccc2)C(C)=C([C@@H](O)[C@H]1O)C3(C)C. The van der Waals surface area contributed by atoms with E-state index in [1.807, 2.05) is 0 Å². The highest BCUT2D eigenvalue weighted by molar-refractivity contribution is 5.95. The summed E-state index contributed by atoms with van der Waals surface area (Å²) in [6, 6.07) is 22.8. The van der Waals surface area contributed by atoms with Crippen molar-refractivity contribution in [2.75, 3.05) is 6.61 Å². The van der Waals surface area contributed by atoms with E-state index in [0.29, 0.717) is 5.56 Å². The first-order chi connectivity index (χ1) is 29.4. The summed E-state index contributed by atoms with van der Waals surface area (Å²) in [6.45, 7) is 6.96. The molecule has 3 aliphatic carbocycles. The van der Waals surface area contributed by atoms with Gasteiger partial charge in [0, 0.05) is 29.7 Å². The minimum absolute atomic E-state index is 0.00927.